The summed E-state index contributed by atoms with van der Waals surface area (Å²) in [6.45, 7) is 2.64. The molecule has 12 heteroatoms. The van der Waals surface area contributed by atoms with Gasteiger partial charge in [-0.05, 0) is 73.4 Å². The van der Waals surface area contributed by atoms with Gasteiger partial charge < -0.3 is 20.0 Å². The molecule has 2 aromatic carbocycles. The summed E-state index contributed by atoms with van der Waals surface area (Å²) in [7, 11) is -1.46. The van der Waals surface area contributed by atoms with E-state index in [2.05, 4.69) is 20.7 Å². The first-order chi connectivity index (χ1) is 21.0. The van der Waals surface area contributed by atoms with Crippen LogP contribution in [0.5, 0.6) is 5.75 Å². The van der Waals surface area contributed by atoms with Crippen LogP contribution in [0.3, 0.4) is 0 Å². The van der Waals surface area contributed by atoms with E-state index in [1.165, 1.54) is 11.3 Å². The monoisotopic (exact) mass is 616 g/mol. The highest BCUT2D eigenvalue weighted by atomic mass is 32.2. The fraction of sp³-hybridized carbons (Fsp3) is 0.258. The normalized spacial score (nSPS) is 14.8. The van der Waals surface area contributed by atoms with Crippen LogP contribution in [0.4, 0.5) is 17.2 Å². The number of hydrogen-bond acceptors (Lipinski definition) is 8. The first-order valence-electron chi connectivity index (χ1n) is 14.2. The van der Waals surface area contributed by atoms with Gasteiger partial charge in [0.05, 0.1) is 33.0 Å². The highest BCUT2D eigenvalue weighted by Crippen LogP contribution is 2.42. The van der Waals surface area contributed by atoms with Crippen LogP contribution in [0.15, 0.2) is 72.9 Å². The van der Waals surface area contributed by atoms with Crippen molar-refractivity contribution in [2.45, 2.75) is 19.3 Å². The van der Waals surface area contributed by atoms with E-state index in [1.54, 1.807) is 23.2 Å². The van der Waals surface area contributed by atoms with Gasteiger partial charge in [0.15, 0.2) is 11.6 Å². The average Bonchev–Trinajstić information content (AvgIpc) is 3.69. The zero-order chi connectivity index (χ0) is 29.8. The second kappa shape index (κ2) is 12.9. The van der Waals surface area contributed by atoms with E-state index in [0.29, 0.717) is 29.2 Å². The molecule has 0 saturated carbocycles. The predicted molar refractivity (Wildman–Crippen MR) is 171 cm³/mol. The first kappa shape index (κ1) is 28.8. The molecule has 10 nitrogen and oxygen atoms in total. The Bertz CT molecular complexity index is 1650. The molecular formula is C31H32N6O4S2. The summed E-state index contributed by atoms with van der Waals surface area (Å²) in [6, 6.07) is 20.6. The lowest BCUT2D eigenvalue weighted by molar-refractivity contribution is 0.0957. The number of pyridine rings is 1. The van der Waals surface area contributed by atoms with Crippen molar-refractivity contribution in [3.8, 4) is 16.2 Å². The Balaban J connectivity index is 1.16. The van der Waals surface area contributed by atoms with E-state index in [4.69, 9.17) is 9.98 Å². The molecule has 2 aliphatic heterocycles. The molecule has 43 heavy (non-hydrogen) atoms. The van der Waals surface area contributed by atoms with Crippen LogP contribution < -0.4 is 30.6 Å². The topological polar surface area (TPSA) is 130 Å². The summed E-state index contributed by atoms with van der Waals surface area (Å²) in [5, 5.41) is 8.07. The first-order valence-corrected chi connectivity index (χ1v) is 16.4. The second-order valence-electron chi connectivity index (χ2n) is 10.3. The van der Waals surface area contributed by atoms with Crippen molar-refractivity contribution < 1.29 is 18.6 Å². The molecule has 4 N–H and O–H groups in total. The number of rotatable bonds is 9. The molecule has 1 atom stereocenters. The summed E-state index contributed by atoms with van der Waals surface area (Å²) in [5.74, 6) is 1.36. The van der Waals surface area contributed by atoms with Crippen LogP contribution in [-0.2, 0) is 17.4 Å². The Morgan fingerprint density at radius 1 is 1.02 bits per heavy atom. The largest absolute Gasteiger partial charge is 0.378 e. The molecule has 0 radical (unpaired) electrons. The predicted octanol–water partition coefficient (Wildman–Crippen LogP) is 4.37. The number of para-hydroxylation sites is 1. The Morgan fingerprint density at radius 3 is 2.60 bits per heavy atom. The van der Waals surface area contributed by atoms with Crippen LogP contribution in [-0.4, -0.2) is 52.9 Å². The van der Waals surface area contributed by atoms with E-state index in [9.17, 15) is 13.8 Å². The van der Waals surface area contributed by atoms with Gasteiger partial charge in [-0.15, -0.1) is 11.3 Å². The highest BCUT2D eigenvalue weighted by Gasteiger charge is 2.27. The minimum Gasteiger partial charge on any atom is -0.378 e. The van der Waals surface area contributed by atoms with Gasteiger partial charge in [0.25, 0.3) is 11.8 Å². The quantitative estimate of drug-likeness (QED) is 0.238. The lowest BCUT2D eigenvalue weighted by Gasteiger charge is -2.23. The molecule has 2 amide bonds. The summed E-state index contributed by atoms with van der Waals surface area (Å²) in [5.41, 5.74) is 6.99. The SMILES string of the molecule is NS(=O)CCNC(=O)c1cc2c(s1)-c1ccccc1N(C(=O)c1ccc(NOc3cccnc3N3CCCC3)cc1)CC2. The number of anilines is 3. The molecule has 4 aromatic rings. The number of aromatic nitrogens is 1. The molecule has 4 heterocycles. The Hall–Kier alpha value is -4.26. The molecule has 1 fully saturated rings. The van der Waals surface area contributed by atoms with Gasteiger partial charge in [0.1, 0.15) is 0 Å². The number of nitrogens with two attached hydrogens (primary N) is 1. The molecule has 222 valence electrons. The summed E-state index contributed by atoms with van der Waals surface area (Å²) >= 11 is 1.40. The van der Waals surface area contributed by atoms with E-state index in [-0.39, 0.29) is 24.1 Å². The van der Waals surface area contributed by atoms with Crippen molar-refractivity contribution in [1.82, 2.24) is 10.3 Å². The number of hydrogen-bond donors (Lipinski definition) is 3. The summed E-state index contributed by atoms with van der Waals surface area (Å²) < 4.78 is 11.1. The van der Waals surface area contributed by atoms with E-state index in [0.717, 1.165) is 59.1 Å². The van der Waals surface area contributed by atoms with Gasteiger partial charge in [-0.25, -0.2) is 14.7 Å². The molecular weight excluding hydrogens is 585 g/mol. The van der Waals surface area contributed by atoms with Crippen molar-refractivity contribution in [3.63, 3.8) is 0 Å². The zero-order valence-corrected chi connectivity index (χ0v) is 25.1. The molecule has 6 rings (SSSR count). The number of thiophene rings is 1. The third-order valence-electron chi connectivity index (χ3n) is 7.48. The number of carbonyl (C=O) groups excluding carboxylic acids is 2. The van der Waals surface area contributed by atoms with Gasteiger partial charge in [-0.2, -0.15) is 0 Å². The van der Waals surface area contributed by atoms with Gasteiger partial charge in [0.2, 0.25) is 0 Å². The number of benzene rings is 2. The molecule has 1 saturated heterocycles. The smallest absolute Gasteiger partial charge is 0.261 e. The van der Waals surface area contributed by atoms with Gasteiger partial charge in [0, 0.05) is 48.4 Å². The molecule has 2 aromatic heterocycles. The Morgan fingerprint density at radius 2 is 1.81 bits per heavy atom. The molecule has 2 aliphatic rings. The van der Waals surface area contributed by atoms with Crippen LogP contribution in [0, 0.1) is 0 Å². The van der Waals surface area contributed by atoms with Crippen molar-refractivity contribution in [1.29, 1.82) is 0 Å². The average molecular weight is 617 g/mol. The van der Waals surface area contributed by atoms with E-state index >= 15 is 0 Å². The fourth-order valence-corrected chi connectivity index (χ4v) is 6.81. The molecule has 1 unspecified atom stereocenters. The Labute approximate surface area is 256 Å². The lowest BCUT2D eigenvalue weighted by Crippen LogP contribution is -2.32. The third kappa shape index (κ3) is 6.41. The highest BCUT2D eigenvalue weighted by molar-refractivity contribution is 7.82. The second-order valence-corrected chi connectivity index (χ2v) is 12.6. The number of fused-ring (bicyclic) bond motifs is 3. The van der Waals surface area contributed by atoms with E-state index in [1.807, 2.05) is 54.6 Å². The maximum atomic E-state index is 13.8. The van der Waals surface area contributed by atoms with Crippen molar-refractivity contribution in [2.75, 3.05) is 47.2 Å². The van der Waals surface area contributed by atoms with E-state index < -0.39 is 11.0 Å². The standard InChI is InChI=1S/C31H32N6O4S2/c32-43(40)19-15-34-30(38)27-20-22-13-18-37(25-7-2-1-6-24(25)28(22)42-27)31(39)21-9-11-23(12-10-21)35-41-26-8-5-14-33-29(26)36-16-3-4-17-36/h1-2,5-12,14,20,35H,3-4,13,15-19,32H2,(H,34,38). The number of nitrogens with zero attached hydrogens (tertiary/aromatic N) is 3. The Kier molecular flexibility index (Phi) is 8.68. The van der Waals surface area contributed by atoms with Gasteiger partial charge in [-0.1, -0.05) is 18.2 Å². The fourth-order valence-electron chi connectivity index (χ4n) is 5.35. The van der Waals surface area contributed by atoms with Crippen LogP contribution >= 0.6 is 11.3 Å². The molecule has 0 bridgehead atoms. The number of carbonyl (C=O) groups is 2. The molecule has 0 aliphatic carbocycles. The number of amides is 2. The summed E-state index contributed by atoms with van der Waals surface area (Å²) in [6.07, 6.45) is 4.66. The van der Waals surface area contributed by atoms with Crippen LogP contribution in [0.1, 0.15) is 38.4 Å². The molecule has 0 spiro atoms. The van der Waals surface area contributed by atoms with Crippen LogP contribution in [0.2, 0.25) is 0 Å². The maximum absolute atomic E-state index is 13.8. The maximum Gasteiger partial charge on any atom is 0.261 e. The van der Waals surface area contributed by atoms with Gasteiger partial charge >= 0.3 is 0 Å². The van der Waals surface area contributed by atoms with Crippen molar-refractivity contribution in [3.05, 3.63) is 88.9 Å². The van der Waals surface area contributed by atoms with Crippen LogP contribution in [0.25, 0.3) is 10.4 Å². The minimum atomic E-state index is -1.46. The number of nitrogens with one attached hydrogen (secondary N) is 2. The minimum absolute atomic E-state index is 0.105. The summed E-state index contributed by atoms with van der Waals surface area (Å²) in [4.78, 5) is 42.5. The van der Waals surface area contributed by atoms with Crippen molar-refractivity contribution in [2.24, 2.45) is 5.14 Å². The van der Waals surface area contributed by atoms with Crippen molar-refractivity contribution >= 4 is 51.3 Å². The lowest BCUT2D eigenvalue weighted by atomic mass is 10.1. The zero-order valence-electron chi connectivity index (χ0n) is 23.5. The third-order valence-corrected chi connectivity index (χ3v) is 9.29. The van der Waals surface area contributed by atoms with Gasteiger partial charge in [-0.3, -0.25) is 14.7 Å².